The summed E-state index contributed by atoms with van der Waals surface area (Å²) in [5, 5.41) is 3.91. The van der Waals surface area contributed by atoms with Gasteiger partial charge in [0.05, 0.1) is 18.1 Å². The Morgan fingerprint density at radius 1 is 1.36 bits per heavy atom. The summed E-state index contributed by atoms with van der Waals surface area (Å²) in [5.41, 5.74) is 0. The number of benzene rings is 1. The fourth-order valence-electron chi connectivity index (χ4n) is 3.07. The number of nitrogens with one attached hydrogen (secondary N) is 1. The van der Waals surface area contributed by atoms with Crippen LogP contribution >= 0.6 is 22.9 Å². The Morgan fingerprint density at radius 2 is 2.11 bits per heavy atom. The van der Waals surface area contributed by atoms with Gasteiger partial charge < -0.3 is 15.0 Å². The Labute approximate surface area is 172 Å². The minimum absolute atomic E-state index is 0.168. The van der Waals surface area contributed by atoms with Crippen LogP contribution in [0.15, 0.2) is 24.3 Å². The lowest BCUT2D eigenvalue weighted by Crippen LogP contribution is -2.57. The number of esters is 1. The number of carbonyl (C=O) groups is 3. The molecule has 1 aliphatic rings. The normalized spacial score (nSPS) is 17.1. The first-order chi connectivity index (χ1) is 13.4. The lowest BCUT2D eigenvalue weighted by atomic mass is 10.1. The van der Waals surface area contributed by atoms with Crippen LogP contribution in [0.1, 0.15) is 36.4 Å². The van der Waals surface area contributed by atoms with E-state index in [1.165, 1.54) is 16.2 Å². The van der Waals surface area contributed by atoms with E-state index in [0.29, 0.717) is 35.5 Å². The van der Waals surface area contributed by atoms with Gasteiger partial charge >= 0.3 is 5.97 Å². The maximum Gasteiger partial charge on any atom is 0.308 e. The molecule has 1 aliphatic heterocycles. The highest BCUT2D eigenvalue weighted by molar-refractivity contribution is 7.21. The van der Waals surface area contributed by atoms with Crippen molar-refractivity contribution in [3.05, 3.63) is 34.2 Å². The quantitative estimate of drug-likeness (QED) is 0.723. The molecule has 28 heavy (non-hydrogen) atoms. The van der Waals surface area contributed by atoms with Crippen LogP contribution < -0.4 is 5.32 Å². The Hall–Kier alpha value is -2.12. The molecular formula is C20H23ClN2O4S. The predicted molar refractivity (Wildman–Crippen MR) is 110 cm³/mol. The standard InChI is InChI=1S/C20H23ClN2O4S/c1-12(2)7-10-27-16(24)11-14-19(25)22-8-9-23(14)20(26)18-17(21)13-5-3-4-6-15(13)28-18/h3-6,12,14H,7-11H2,1-2H3,(H,22,25). The van der Waals surface area contributed by atoms with Crippen LogP contribution in [-0.4, -0.2) is 48.4 Å². The summed E-state index contributed by atoms with van der Waals surface area (Å²) in [6.45, 7) is 5.04. The van der Waals surface area contributed by atoms with Crippen molar-refractivity contribution in [3.8, 4) is 0 Å². The molecule has 150 valence electrons. The second-order valence-electron chi connectivity index (χ2n) is 7.15. The molecule has 8 heteroatoms. The second-order valence-corrected chi connectivity index (χ2v) is 8.58. The first-order valence-corrected chi connectivity index (χ1v) is 10.5. The fraction of sp³-hybridized carbons (Fsp3) is 0.450. The number of fused-ring (bicyclic) bond motifs is 1. The highest BCUT2D eigenvalue weighted by Crippen LogP contribution is 2.36. The molecule has 1 aromatic carbocycles. The minimum Gasteiger partial charge on any atom is -0.466 e. The lowest BCUT2D eigenvalue weighted by molar-refractivity contribution is -0.148. The van der Waals surface area contributed by atoms with Gasteiger partial charge in [-0.05, 0) is 18.4 Å². The molecule has 1 fully saturated rings. The number of hydrogen-bond acceptors (Lipinski definition) is 5. The number of nitrogens with zero attached hydrogens (tertiary/aromatic N) is 1. The van der Waals surface area contributed by atoms with Gasteiger partial charge in [0.2, 0.25) is 5.91 Å². The van der Waals surface area contributed by atoms with Gasteiger partial charge in [0, 0.05) is 23.2 Å². The Bertz CT molecular complexity index is 895. The van der Waals surface area contributed by atoms with Gasteiger partial charge in [-0.25, -0.2) is 0 Å². The molecule has 3 rings (SSSR count). The zero-order valence-corrected chi connectivity index (χ0v) is 17.4. The van der Waals surface area contributed by atoms with Gasteiger partial charge in [0.25, 0.3) is 5.91 Å². The third-order valence-electron chi connectivity index (χ3n) is 4.64. The number of hydrogen-bond donors (Lipinski definition) is 1. The molecule has 1 aromatic heterocycles. The van der Waals surface area contributed by atoms with E-state index in [4.69, 9.17) is 16.3 Å². The van der Waals surface area contributed by atoms with Crippen molar-refractivity contribution in [2.75, 3.05) is 19.7 Å². The molecule has 0 spiro atoms. The van der Waals surface area contributed by atoms with Crippen LogP contribution in [0.5, 0.6) is 0 Å². The number of halogens is 1. The molecule has 1 unspecified atom stereocenters. The van der Waals surface area contributed by atoms with Gasteiger partial charge in [0.15, 0.2) is 0 Å². The smallest absolute Gasteiger partial charge is 0.308 e. The van der Waals surface area contributed by atoms with Gasteiger partial charge in [0.1, 0.15) is 10.9 Å². The van der Waals surface area contributed by atoms with E-state index in [2.05, 4.69) is 5.32 Å². The van der Waals surface area contributed by atoms with Crippen molar-refractivity contribution < 1.29 is 19.1 Å². The summed E-state index contributed by atoms with van der Waals surface area (Å²) >= 11 is 7.72. The Kier molecular flexibility index (Phi) is 6.57. The van der Waals surface area contributed by atoms with Gasteiger partial charge in [-0.15, -0.1) is 11.3 Å². The van der Waals surface area contributed by atoms with Crippen molar-refractivity contribution in [3.63, 3.8) is 0 Å². The van der Waals surface area contributed by atoms with Crippen molar-refractivity contribution in [1.82, 2.24) is 10.2 Å². The molecule has 2 amide bonds. The van der Waals surface area contributed by atoms with Crippen LogP contribution in [-0.2, 0) is 14.3 Å². The summed E-state index contributed by atoms with van der Waals surface area (Å²) in [4.78, 5) is 39.5. The predicted octanol–water partition coefficient (Wildman–Crippen LogP) is 3.47. The van der Waals surface area contributed by atoms with E-state index in [9.17, 15) is 14.4 Å². The summed E-state index contributed by atoms with van der Waals surface area (Å²) in [6.07, 6.45) is 0.584. The van der Waals surface area contributed by atoms with E-state index >= 15 is 0 Å². The van der Waals surface area contributed by atoms with Gasteiger partial charge in [-0.1, -0.05) is 43.6 Å². The van der Waals surface area contributed by atoms with Crippen LogP contribution in [0.2, 0.25) is 5.02 Å². The molecule has 0 bridgehead atoms. The van der Waals surface area contributed by atoms with Crippen molar-refractivity contribution >= 4 is 50.8 Å². The number of rotatable bonds is 6. The summed E-state index contributed by atoms with van der Waals surface area (Å²) in [5.74, 6) is -0.749. The molecule has 0 aliphatic carbocycles. The monoisotopic (exact) mass is 422 g/mol. The van der Waals surface area contributed by atoms with Crippen molar-refractivity contribution in [2.45, 2.75) is 32.7 Å². The molecule has 1 atom stereocenters. The van der Waals surface area contributed by atoms with Crippen LogP contribution in [0.3, 0.4) is 0 Å². The molecule has 0 radical (unpaired) electrons. The number of ether oxygens (including phenoxy) is 1. The van der Waals surface area contributed by atoms with Crippen LogP contribution in [0.25, 0.3) is 10.1 Å². The first kappa shape index (κ1) is 20.6. The SMILES string of the molecule is CC(C)CCOC(=O)CC1C(=O)NCCN1C(=O)c1sc2ccccc2c1Cl. The highest BCUT2D eigenvalue weighted by atomic mass is 35.5. The Balaban J connectivity index is 1.77. The third kappa shape index (κ3) is 4.47. The van der Waals surface area contributed by atoms with Crippen LogP contribution in [0, 0.1) is 5.92 Å². The van der Waals surface area contributed by atoms with Gasteiger partial charge in [-0.3, -0.25) is 14.4 Å². The summed E-state index contributed by atoms with van der Waals surface area (Å²) in [6, 6.07) is 6.61. The van der Waals surface area contributed by atoms with E-state index < -0.39 is 12.0 Å². The molecular weight excluding hydrogens is 400 g/mol. The number of amides is 2. The van der Waals surface area contributed by atoms with Crippen LogP contribution in [0.4, 0.5) is 0 Å². The minimum atomic E-state index is -0.894. The second kappa shape index (κ2) is 8.92. The molecule has 0 saturated carbocycles. The van der Waals surface area contributed by atoms with Gasteiger partial charge in [-0.2, -0.15) is 0 Å². The average Bonchev–Trinajstić information content (AvgIpc) is 2.99. The largest absolute Gasteiger partial charge is 0.466 e. The molecule has 6 nitrogen and oxygen atoms in total. The molecule has 2 heterocycles. The molecule has 2 aromatic rings. The van der Waals surface area contributed by atoms with E-state index in [-0.39, 0.29) is 18.2 Å². The highest BCUT2D eigenvalue weighted by Gasteiger charge is 2.37. The maximum atomic E-state index is 13.2. The fourth-order valence-corrected chi connectivity index (χ4v) is 4.54. The topological polar surface area (TPSA) is 75.7 Å². The summed E-state index contributed by atoms with van der Waals surface area (Å²) < 4.78 is 6.13. The van der Waals surface area contributed by atoms with E-state index in [0.717, 1.165) is 16.5 Å². The number of piperazine rings is 1. The molecule has 1 saturated heterocycles. The van der Waals surface area contributed by atoms with E-state index in [1.54, 1.807) is 0 Å². The zero-order valence-electron chi connectivity index (χ0n) is 15.9. The lowest BCUT2D eigenvalue weighted by Gasteiger charge is -2.34. The third-order valence-corrected chi connectivity index (χ3v) is 6.30. The van der Waals surface area contributed by atoms with Crippen molar-refractivity contribution in [2.24, 2.45) is 5.92 Å². The van der Waals surface area contributed by atoms with Crippen molar-refractivity contribution in [1.29, 1.82) is 0 Å². The summed E-state index contributed by atoms with van der Waals surface area (Å²) in [7, 11) is 0. The number of carbonyl (C=O) groups excluding carboxylic acids is 3. The number of thiophene rings is 1. The Morgan fingerprint density at radius 3 is 2.82 bits per heavy atom. The zero-order chi connectivity index (χ0) is 20.3. The maximum absolute atomic E-state index is 13.2. The van der Waals surface area contributed by atoms with E-state index in [1.807, 2.05) is 38.1 Å². The average molecular weight is 423 g/mol. The molecule has 1 N–H and O–H groups in total. The first-order valence-electron chi connectivity index (χ1n) is 9.29.